The average molecular weight is 430 g/mol. The zero-order valence-electron chi connectivity index (χ0n) is 18.6. The lowest BCUT2D eigenvalue weighted by Gasteiger charge is -2.37. The third-order valence-electron chi connectivity index (χ3n) is 6.45. The Bertz CT molecular complexity index is 1040. The Hall–Kier alpha value is -3.31. The molecule has 1 aliphatic rings. The lowest BCUT2D eigenvalue weighted by Crippen LogP contribution is -2.46. The van der Waals surface area contributed by atoms with E-state index in [1.807, 2.05) is 29.2 Å². The minimum atomic E-state index is 0.0411. The van der Waals surface area contributed by atoms with E-state index < -0.39 is 0 Å². The number of likely N-dealkylation sites (tertiary alicyclic amines) is 1. The fraction of sp³-hybridized carbons (Fsp3) is 0.296. The molecule has 0 aliphatic carbocycles. The molecule has 3 N–H and O–H groups in total. The molecular weight excluding hydrogens is 398 g/mol. The molecule has 4 rings (SSSR count). The highest BCUT2D eigenvalue weighted by atomic mass is 16.3. The second-order valence-electron chi connectivity index (χ2n) is 8.59. The highest BCUT2D eigenvalue weighted by molar-refractivity contribution is 5.96. The second-order valence-corrected chi connectivity index (χ2v) is 8.59. The van der Waals surface area contributed by atoms with Crippen molar-refractivity contribution < 1.29 is 9.90 Å². The molecule has 0 unspecified atom stereocenters. The second kappa shape index (κ2) is 9.88. The summed E-state index contributed by atoms with van der Waals surface area (Å²) < 4.78 is 0. The van der Waals surface area contributed by atoms with E-state index >= 15 is 0 Å². The number of benzene rings is 3. The van der Waals surface area contributed by atoms with Crippen molar-refractivity contribution in [3.63, 3.8) is 0 Å². The van der Waals surface area contributed by atoms with Crippen LogP contribution < -0.4 is 5.73 Å². The van der Waals surface area contributed by atoms with Gasteiger partial charge in [-0.3, -0.25) is 4.79 Å². The monoisotopic (exact) mass is 429 g/mol. The fourth-order valence-corrected chi connectivity index (χ4v) is 4.42. The number of phenolic OH excluding ortho intramolecular Hbond substituents is 1. The number of piperidine rings is 1. The number of anilines is 1. The minimum absolute atomic E-state index is 0.0411. The number of nitrogens with zero attached hydrogens (tertiary/aromatic N) is 2. The van der Waals surface area contributed by atoms with Crippen LogP contribution in [0.3, 0.4) is 0 Å². The number of hydrogen-bond acceptors (Lipinski definition) is 4. The maximum atomic E-state index is 13.1. The van der Waals surface area contributed by atoms with Crippen molar-refractivity contribution in [3.05, 3.63) is 83.9 Å². The summed E-state index contributed by atoms with van der Waals surface area (Å²) in [5.74, 6) is 0.257. The van der Waals surface area contributed by atoms with Crippen molar-refractivity contribution in [2.24, 2.45) is 0 Å². The number of carbonyl (C=O) groups excluding carboxylic acids is 1. The van der Waals surface area contributed by atoms with Crippen LogP contribution in [0.1, 0.15) is 28.8 Å². The Kier molecular flexibility index (Phi) is 6.76. The number of aromatic hydroxyl groups is 1. The fourth-order valence-electron chi connectivity index (χ4n) is 4.42. The predicted molar refractivity (Wildman–Crippen MR) is 130 cm³/mol. The first-order valence-corrected chi connectivity index (χ1v) is 11.2. The molecule has 0 aromatic heterocycles. The average Bonchev–Trinajstić information content (AvgIpc) is 2.83. The molecule has 0 atom stereocenters. The van der Waals surface area contributed by atoms with Crippen LogP contribution in [0.25, 0.3) is 11.1 Å². The standard InChI is InChI=1S/C27H31N3O2/c1-29(16-13-20-5-3-2-4-6-20)23-14-17-30(18-15-23)27(32)22-9-12-25(26(28)19-22)21-7-10-24(31)11-8-21/h2-12,19,23,31H,13-18,28H2,1H3. The quantitative estimate of drug-likeness (QED) is 0.569. The van der Waals surface area contributed by atoms with E-state index in [1.165, 1.54) is 5.56 Å². The first kappa shape index (κ1) is 21.9. The molecule has 32 heavy (non-hydrogen) atoms. The maximum absolute atomic E-state index is 13.1. The molecule has 0 radical (unpaired) electrons. The summed E-state index contributed by atoms with van der Waals surface area (Å²) in [4.78, 5) is 17.4. The summed E-state index contributed by atoms with van der Waals surface area (Å²) in [6, 6.07) is 23.5. The zero-order valence-corrected chi connectivity index (χ0v) is 18.6. The number of rotatable bonds is 6. The number of phenols is 1. The largest absolute Gasteiger partial charge is 0.508 e. The van der Waals surface area contributed by atoms with E-state index in [1.54, 1.807) is 18.2 Å². The van der Waals surface area contributed by atoms with Crippen LogP contribution in [-0.2, 0) is 6.42 Å². The topological polar surface area (TPSA) is 69.8 Å². The number of hydrogen-bond donors (Lipinski definition) is 2. The molecule has 0 spiro atoms. The molecule has 5 nitrogen and oxygen atoms in total. The minimum Gasteiger partial charge on any atom is -0.508 e. The van der Waals surface area contributed by atoms with Gasteiger partial charge in [0, 0.05) is 42.5 Å². The smallest absolute Gasteiger partial charge is 0.253 e. The lowest BCUT2D eigenvalue weighted by atomic mass is 9.99. The Morgan fingerprint density at radius 1 is 1.03 bits per heavy atom. The van der Waals surface area contributed by atoms with E-state index in [9.17, 15) is 9.90 Å². The molecule has 1 saturated heterocycles. The Morgan fingerprint density at radius 2 is 1.72 bits per heavy atom. The van der Waals surface area contributed by atoms with Crippen LogP contribution in [-0.4, -0.2) is 53.5 Å². The van der Waals surface area contributed by atoms with E-state index in [2.05, 4.69) is 42.3 Å². The summed E-state index contributed by atoms with van der Waals surface area (Å²) in [5, 5.41) is 9.48. The van der Waals surface area contributed by atoms with Gasteiger partial charge in [-0.15, -0.1) is 0 Å². The van der Waals surface area contributed by atoms with Gasteiger partial charge in [0.05, 0.1) is 0 Å². The number of amides is 1. The van der Waals surface area contributed by atoms with Gasteiger partial charge in [-0.1, -0.05) is 48.5 Å². The zero-order chi connectivity index (χ0) is 22.5. The van der Waals surface area contributed by atoms with Crippen LogP contribution in [0, 0.1) is 0 Å². The number of carbonyl (C=O) groups is 1. The van der Waals surface area contributed by atoms with Crippen molar-refractivity contribution in [3.8, 4) is 16.9 Å². The van der Waals surface area contributed by atoms with Crippen LogP contribution in [0.2, 0.25) is 0 Å². The van der Waals surface area contributed by atoms with Gasteiger partial charge in [0.25, 0.3) is 5.91 Å². The van der Waals surface area contributed by atoms with Gasteiger partial charge in [0.15, 0.2) is 0 Å². The van der Waals surface area contributed by atoms with Gasteiger partial charge in [0.2, 0.25) is 0 Å². The number of nitrogen functional groups attached to an aromatic ring is 1. The SMILES string of the molecule is CN(CCc1ccccc1)C1CCN(C(=O)c2ccc(-c3ccc(O)cc3)c(N)c2)CC1. The Morgan fingerprint density at radius 3 is 2.38 bits per heavy atom. The summed E-state index contributed by atoms with van der Waals surface area (Å²) in [6.07, 6.45) is 3.01. The summed E-state index contributed by atoms with van der Waals surface area (Å²) in [6.45, 7) is 2.55. The van der Waals surface area contributed by atoms with Crippen molar-refractivity contribution in [2.45, 2.75) is 25.3 Å². The van der Waals surface area contributed by atoms with Crippen molar-refractivity contribution in [1.82, 2.24) is 9.80 Å². The van der Waals surface area contributed by atoms with Gasteiger partial charge >= 0.3 is 0 Å². The van der Waals surface area contributed by atoms with Crippen LogP contribution in [0.4, 0.5) is 5.69 Å². The van der Waals surface area contributed by atoms with Gasteiger partial charge < -0.3 is 20.6 Å². The van der Waals surface area contributed by atoms with E-state index in [4.69, 9.17) is 5.73 Å². The van der Waals surface area contributed by atoms with E-state index in [0.717, 1.165) is 50.0 Å². The normalized spacial score (nSPS) is 14.6. The van der Waals surface area contributed by atoms with E-state index in [-0.39, 0.29) is 11.7 Å². The van der Waals surface area contributed by atoms with E-state index in [0.29, 0.717) is 17.3 Å². The number of nitrogens with two attached hydrogens (primary N) is 1. The third-order valence-corrected chi connectivity index (χ3v) is 6.45. The Balaban J connectivity index is 1.33. The summed E-state index contributed by atoms with van der Waals surface area (Å²) in [7, 11) is 2.19. The molecule has 3 aromatic carbocycles. The number of likely N-dealkylation sites (N-methyl/N-ethyl adjacent to an activating group) is 1. The molecule has 1 aliphatic heterocycles. The maximum Gasteiger partial charge on any atom is 0.253 e. The molecule has 0 bridgehead atoms. The van der Waals surface area contributed by atoms with Crippen LogP contribution >= 0.6 is 0 Å². The highest BCUT2D eigenvalue weighted by Crippen LogP contribution is 2.29. The van der Waals surface area contributed by atoms with Gasteiger partial charge in [-0.25, -0.2) is 0 Å². The predicted octanol–water partition coefficient (Wildman–Crippen LogP) is 4.42. The first-order valence-electron chi connectivity index (χ1n) is 11.2. The molecule has 3 aromatic rings. The first-order chi connectivity index (χ1) is 15.5. The lowest BCUT2D eigenvalue weighted by molar-refractivity contribution is 0.0647. The summed E-state index contributed by atoms with van der Waals surface area (Å²) >= 11 is 0. The molecule has 166 valence electrons. The van der Waals surface area contributed by atoms with Gasteiger partial charge in [0.1, 0.15) is 5.75 Å². The third kappa shape index (κ3) is 5.11. The molecule has 1 fully saturated rings. The van der Waals surface area contributed by atoms with Crippen molar-refractivity contribution >= 4 is 11.6 Å². The summed E-state index contributed by atoms with van der Waals surface area (Å²) in [5.41, 5.74) is 10.6. The van der Waals surface area contributed by atoms with Gasteiger partial charge in [-0.05, 0) is 61.7 Å². The van der Waals surface area contributed by atoms with Crippen molar-refractivity contribution in [1.29, 1.82) is 0 Å². The molecule has 1 amide bonds. The highest BCUT2D eigenvalue weighted by Gasteiger charge is 2.26. The molecular formula is C27H31N3O2. The Labute approximate surface area is 190 Å². The molecule has 0 saturated carbocycles. The van der Waals surface area contributed by atoms with Crippen LogP contribution in [0.15, 0.2) is 72.8 Å². The molecule has 1 heterocycles. The van der Waals surface area contributed by atoms with Gasteiger partial charge in [-0.2, -0.15) is 0 Å². The van der Waals surface area contributed by atoms with Crippen molar-refractivity contribution in [2.75, 3.05) is 32.4 Å². The molecule has 5 heteroatoms. The van der Waals surface area contributed by atoms with Crippen LogP contribution in [0.5, 0.6) is 5.75 Å².